The van der Waals surface area contributed by atoms with Crippen molar-refractivity contribution in [1.29, 1.82) is 0 Å². The molecule has 0 aromatic rings. The number of aliphatic hydroxyl groups is 1. The van der Waals surface area contributed by atoms with Crippen LogP contribution in [0.3, 0.4) is 0 Å². The molecule has 0 aliphatic heterocycles. The van der Waals surface area contributed by atoms with Crippen molar-refractivity contribution in [1.82, 2.24) is 4.90 Å². The van der Waals surface area contributed by atoms with E-state index < -0.39 is 11.9 Å². The number of carbonyl (C=O) groups is 5. The number of rotatable bonds is 43. The smallest absolute Gasteiger partial charge is 0.305 e. The minimum atomic E-state index is -0.510. The molecule has 0 aromatic heterocycles. The summed E-state index contributed by atoms with van der Waals surface area (Å²) in [5.41, 5.74) is 0. The monoisotopic (exact) mass is 868 g/mol. The Morgan fingerprint density at radius 2 is 0.770 bits per heavy atom. The standard InChI is InChI=1S/C49H89NO11/c1-4-7-10-13-14-15-18-21-31-47(54)59-39-43(40-60-48(55)32-22-23-34-50(35-36-51)44-27-25-28-44)41-61-49(56)33-24-26-42(37-57-45(52)29-19-16-11-8-5-2)38-58-46(53)30-20-17-12-9-6-3/h42-44,51H,4-41H2,1-3H3. The van der Waals surface area contributed by atoms with E-state index in [9.17, 15) is 29.1 Å². The third kappa shape index (κ3) is 33.5. The maximum atomic E-state index is 12.9. The highest BCUT2D eigenvalue weighted by Crippen LogP contribution is 2.25. The third-order valence-electron chi connectivity index (χ3n) is 11.7. The second-order valence-corrected chi connectivity index (χ2v) is 17.4. The molecule has 12 nitrogen and oxygen atoms in total. The van der Waals surface area contributed by atoms with Gasteiger partial charge in [-0.2, -0.15) is 0 Å². The number of carbonyl (C=O) groups excluding carboxylic acids is 5. The predicted molar refractivity (Wildman–Crippen MR) is 240 cm³/mol. The van der Waals surface area contributed by atoms with Crippen molar-refractivity contribution >= 4 is 29.8 Å². The SMILES string of the molecule is CCCCCCCCCCC(=O)OCC(COC(=O)CCCCN(CCO)C1CCC1)COC(=O)CCCC(COC(=O)CCCCCCC)COC(=O)CCCCCCC. The van der Waals surface area contributed by atoms with Crippen LogP contribution in [0.15, 0.2) is 0 Å². The number of hydrogen-bond acceptors (Lipinski definition) is 12. The molecule has 356 valence electrons. The van der Waals surface area contributed by atoms with E-state index >= 15 is 0 Å². The summed E-state index contributed by atoms with van der Waals surface area (Å²) in [6.45, 7) is 8.22. The van der Waals surface area contributed by atoms with Crippen LogP contribution in [-0.4, -0.2) is 98.6 Å². The Balaban J connectivity index is 2.64. The minimum absolute atomic E-state index is 0.0239. The molecular weight excluding hydrogens is 779 g/mol. The van der Waals surface area contributed by atoms with Gasteiger partial charge >= 0.3 is 29.8 Å². The number of esters is 5. The van der Waals surface area contributed by atoms with Gasteiger partial charge in [-0.05, 0) is 64.3 Å². The minimum Gasteiger partial charge on any atom is -0.465 e. The summed E-state index contributed by atoms with van der Waals surface area (Å²) in [5, 5.41) is 9.43. The molecule has 1 N–H and O–H groups in total. The molecule has 0 heterocycles. The van der Waals surface area contributed by atoms with Crippen molar-refractivity contribution in [2.45, 2.75) is 219 Å². The summed E-state index contributed by atoms with van der Waals surface area (Å²) in [5.74, 6) is -2.38. The average molecular weight is 868 g/mol. The van der Waals surface area contributed by atoms with Crippen LogP contribution in [-0.2, 0) is 47.7 Å². The van der Waals surface area contributed by atoms with Crippen molar-refractivity contribution in [3.05, 3.63) is 0 Å². The molecule has 1 fully saturated rings. The summed E-state index contributed by atoms with van der Waals surface area (Å²) >= 11 is 0. The molecule has 1 saturated carbocycles. The molecule has 0 spiro atoms. The van der Waals surface area contributed by atoms with Crippen LogP contribution in [0.1, 0.15) is 213 Å². The van der Waals surface area contributed by atoms with Gasteiger partial charge in [0.05, 0.1) is 25.7 Å². The molecule has 61 heavy (non-hydrogen) atoms. The normalized spacial score (nSPS) is 13.2. The van der Waals surface area contributed by atoms with Crippen LogP contribution in [0.5, 0.6) is 0 Å². The maximum absolute atomic E-state index is 12.9. The van der Waals surface area contributed by atoms with E-state index in [4.69, 9.17) is 23.7 Å². The van der Waals surface area contributed by atoms with Crippen molar-refractivity contribution in [2.24, 2.45) is 11.8 Å². The van der Waals surface area contributed by atoms with Gasteiger partial charge in [0, 0.05) is 50.6 Å². The molecule has 0 bridgehead atoms. The molecule has 12 heteroatoms. The molecule has 0 saturated heterocycles. The first-order valence-electron chi connectivity index (χ1n) is 24.8. The van der Waals surface area contributed by atoms with Crippen molar-refractivity contribution in [3.8, 4) is 0 Å². The second-order valence-electron chi connectivity index (χ2n) is 17.4. The van der Waals surface area contributed by atoms with Crippen LogP contribution in [0.4, 0.5) is 0 Å². The van der Waals surface area contributed by atoms with Gasteiger partial charge in [0.15, 0.2) is 0 Å². The summed E-state index contributed by atoms with van der Waals surface area (Å²) in [7, 11) is 0. The van der Waals surface area contributed by atoms with Crippen LogP contribution >= 0.6 is 0 Å². The first-order chi connectivity index (χ1) is 29.7. The molecule has 0 aromatic carbocycles. The molecular formula is C49H89NO11. The predicted octanol–water partition coefficient (Wildman–Crippen LogP) is 10.4. The van der Waals surface area contributed by atoms with Gasteiger partial charge in [-0.3, -0.25) is 28.9 Å². The Morgan fingerprint density at radius 1 is 0.443 bits per heavy atom. The quantitative estimate of drug-likeness (QED) is 0.0352. The van der Waals surface area contributed by atoms with Crippen molar-refractivity contribution in [2.75, 3.05) is 52.7 Å². The zero-order valence-corrected chi connectivity index (χ0v) is 39.1. The summed E-state index contributed by atoms with van der Waals surface area (Å²) in [6.07, 6.45) is 26.6. The Morgan fingerprint density at radius 3 is 1.11 bits per heavy atom. The zero-order chi connectivity index (χ0) is 44.6. The van der Waals surface area contributed by atoms with E-state index in [1.807, 2.05) is 0 Å². The van der Waals surface area contributed by atoms with Gasteiger partial charge in [-0.25, -0.2) is 0 Å². The van der Waals surface area contributed by atoms with E-state index in [1.165, 1.54) is 38.5 Å². The van der Waals surface area contributed by atoms with Crippen LogP contribution in [0.2, 0.25) is 0 Å². The van der Waals surface area contributed by atoms with Gasteiger partial charge < -0.3 is 28.8 Å². The Kier molecular flexibility index (Phi) is 37.0. The Bertz CT molecular complexity index is 1080. The third-order valence-corrected chi connectivity index (χ3v) is 11.7. The van der Waals surface area contributed by atoms with Gasteiger partial charge in [0.25, 0.3) is 0 Å². The Hall–Kier alpha value is -2.73. The lowest BCUT2D eigenvalue weighted by molar-refractivity contribution is -0.155. The average Bonchev–Trinajstić information content (AvgIpc) is 3.23. The second kappa shape index (κ2) is 40.1. The van der Waals surface area contributed by atoms with Crippen molar-refractivity contribution < 1.29 is 52.8 Å². The molecule has 1 aliphatic carbocycles. The Labute approximate surface area is 370 Å². The van der Waals surface area contributed by atoms with Gasteiger partial charge in [-0.15, -0.1) is 0 Å². The van der Waals surface area contributed by atoms with E-state index in [0.29, 0.717) is 51.1 Å². The molecule has 1 unspecified atom stereocenters. The molecule has 1 aliphatic rings. The summed E-state index contributed by atoms with van der Waals surface area (Å²) in [4.78, 5) is 65.5. The lowest BCUT2D eigenvalue weighted by Gasteiger charge is -2.37. The lowest BCUT2D eigenvalue weighted by Crippen LogP contribution is -2.42. The maximum Gasteiger partial charge on any atom is 0.305 e. The van der Waals surface area contributed by atoms with Crippen LogP contribution < -0.4 is 0 Å². The first-order valence-corrected chi connectivity index (χ1v) is 24.8. The van der Waals surface area contributed by atoms with Crippen LogP contribution in [0.25, 0.3) is 0 Å². The van der Waals surface area contributed by atoms with E-state index in [-0.39, 0.29) is 82.3 Å². The molecule has 0 radical (unpaired) electrons. The lowest BCUT2D eigenvalue weighted by atomic mass is 9.91. The fraction of sp³-hybridized carbons (Fsp3) is 0.898. The van der Waals surface area contributed by atoms with E-state index in [0.717, 1.165) is 109 Å². The fourth-order valence-corrected chi connectivity index (χ4v) is 7.40. The van der Waals surface area contributed by atoms with E-state index in [1.54, 1.807) is 0 Å². The van der Waals surface area contributed by atoms with Crippen molar-refractivity contribution in [3.63, 3.8) is 0 Å². The number of aliphatic hydroxyl groups excluding tert-OH is 1. The zero-order valence-electron chi connectivity index (χ0n) is 39.1. The number of ether oxygens (including phenoxy) is 5. The molecule has 1 atom stereocenters. The molecule has 1 rings (SSSR count). The highest BCUT2D eigenvalue weighted by atomic mass is 16.6. The van der Waals surface area contributed by atoms with Gasteiger partial charge in [0.2, 0.25) is 0 Å². The summed E-state index contributed by atoms with van der Waals surface area (Å²) < 4.78 is 27.9. The number of unbranched alkanes of at least 4 members (excludes halogenated alkanes) is 16. The molecule has 0 amide bonds. The summed E-state index contributed by atoms with van der Waals surface area (Å²) in [6, 6.07) is 0.529. The number of hydrogen-bond donors (Lipinski definition) is 1. The fourth-order valence-electron chi connectivity index (χ4n) is 7.40. The first kappa shape index (κ1) is 56.3. The number of nitrogens with zero attached hydrogens (tertiary/aromatic N) is 1. The highest BCUT2D eigenvalue weighted by Gasteiger charge is 2.24. The largest absolute Gasteiger partial charge is 0.465 e. The van der Waals surface area contributed by atoms with Crippen LogP contribution in [0, 0.1) is 11.8 Å². The van der Waals surface area contributed by atoms with Gasteiger partial charge in [-0.1, -0.05) is 124 Å². The highest BCUT2D eigenvalue weighted by molar-refractivity contribution is 5.71. The topological polar surface area (TPSA) is 155 Å². The van der Waals surface area contributed by atoms with E-state index in [2.05, 4.69) is 25.7 Å². The van der Waals surface area contributed by atoms with Gasteiger partial charge in [0.1, 0.15) is 19.8 Å².